The van der Waals surface area contributed by atoms with Crippen LogP contribution in [0.1, 0.15) is 41.6 Å². The van der Waals surface area contributed by atoms with Crippen molar-refractivity contribution in [1.29, 1.82) is 0 Å². The maximum atomic E-state index is 13.2. The minimum atomic E-state index is -0.617. The number of pyridine rings is 1. The second-order valence-electron chi connectivity index (χ2n) is 11.4. The van der Waals surface area contributed by atoms with Crippen LogP contribution in [0, 0.1) is 5.92 Å². The molecule has 1 aromatic carbocycles. The highest BCUT2D eigenvalue weighted by molar-refractivity contribution is 6.06. The van der Waals surface area contributed by atoms with E-state index in [0.29, 0.717) is 31.1 Å². The van der Waals surface area contributed by atoms with E-state index in [1.54, 1.807) is 4.90 Å². The number of fused-ring (bicyclic) bond motifs is 5. The lowest BCUT2D eigenvalue weighted by molar-refractivity contribution is -0.136. The van der Waals surface area contributed by atoms with Gasteiger partial charge in [-0.2, -0.15) is 0 Å². The highest BCUT2D eigenvalue weighted by atomic mass is 16.5. The molecule has 1 aromatic heterocycles. The van der Waals surface area contributed by atoms with Crippen LogP contribution in [0.25, 0.3) is 0 Å². The van der Waals surface area contributed by atoms with E-state index >= 15 is 0 Å². The largest absolute Gasteiger partial charge is 0.489 e. The van der Waals surface area contributed by atoms with Gasteiger partial charge in [0.15, 0.2) is 0 Å². The maximum absolute atomic E-state index is 13.2. The van der Waals surface area contributed by atoms with Gasteiger partial charge in [0.1, 0.15) is 24.2 Å². The fourth-order valence-corrected chi connectivity index (χ4v) is 6.96. The number of carbonyl (C=O) groups excluding carboxylic acids is 3. The zero-order chi connectivity index (χ0) is 26.5. The van der Waals surface area contributed by atoms with Gasteiger partial charge >= 0.3 is 0 Å². The van der Waals surface area contributed by atoms with Crippen LogP contribution >= 0.6 is 0 Å². The van der Waals surface area contributed by atoms with Gasteiger partial charge in [0.25, 0.3) is 5.91 Å². The quantitative estimate of drug-likeness (QED) is 0.596. The van der Waals surface area contributed by atoms with Crippen LogP contribution in [0.3, 0.4) is 0 Å². The standard InChI is InChI=1S/C29H34N6O4/c36-26-7-6-24(28(37)31-26)35-17-22-21(29(35)38)4-5-23-27(22)39-18-20-16-32(13-14-34(20)23)15-19-8-11-33(12-9-19)25-3-1-2-10-30-25/h1-5,10,19-20,24H,6-9,11-18H2,(H,31,36,37). The van der Waals surface area contributed by atoms with Crippen molar-refractivity contribution in [3.8, 4) is 5.75 Å². The predicted molar refractivity (Wildman–Crippen MR) is 145 cm³/mol. The molecule has 3 amide bonds. The predicted octanol–water partition coefficient (Wildman–Crippen LogP) is 1.64. The summed E-state index contributed by atoms with van der Waals surface area (Å²) in [5, 5.41) is 2.37. The summed E-state index contributed by atoms with van der Waals surface area (Å²) >= 11 is 0. The molecule has 2 aromatic rings. The number of hydrogen-bond donors (Lipinski definition) is 1. The number of nitrogens with zero attached hydrogens (tertiary/aromatic N) is 5. The topological polar surface area (TPSA) is 98.3 Å². The SMILES string of the molecule is O=C1CCC(N2Cc3c(ccc4c3OCC3CN(CC5CCN(c6ccccn6)CC5)CCN43)C2=O)C(=O)N1. The van der Waals surface area contributed by atoms with E-state index in [1.807, 2.05) is 24.4 Å². The van der Waals surface area contributed by atoms with Crippen LogP contribution in [-0.2, 0) is 16.1 Å². The van der Waals surface area contributed by atoms with Crippen LogP contribution in [0.4, 0.5) is 11.5 Å². The lowest BCUT2D eigenvalue weighted by Gasteiger charge is -2.47. The van der Waals surface area contributed by atoms with Gasteiger partial charge in [0.2, 0.25) is 11.8 Å². The number of carbonyl (C=O) groups is 3. The van der Waals surface area contributed by atoms with Crippen molar-refractivity contribution in [3.63, 3.8) is 0 Å². The summed E-state index contributed by atoms with van der Waals surface area (Å²) < 4.78 is 6.35. The number of ether oxygens (including phenoxy) is 1. The molecule has 2 unspecified atom stereocenters. The van der Waals surface area contributed by atoms with E-state index in [9.17, 15) is 14.4 Å². The van der Waals surface area contributed by atoms with Gasteiger partial charge in [-0.3, -0.25) is 24.6 Å². The Morgan fingerprint density at radius 1 is 0.974 bits per heavy atom. The lowest BCUT2D eigenvalue weighted by Crippen LogP contribution is -2.58. The number of rotatable bonds is 4. The molecular weight excluding hydrogens is 496 g/mol. The van der Waals surface area contributed by atoms with E-state index in [1.165, 1.54) is 12.8 Å². The molecule has 10 heteroatoms. The van der Waals surface area contributed by atoms with Gasteiger partial charge in [-0.05, 0) is 49.4 Å². The number of piperidine rings is 2. The number of benzene rings is 1. The molecule has 10 nitrogen and oxygen atoms in total. The van der Waals surface area contributed by atoms with E-state index in [-0.39, 0.29) is 30.2 Å². The van der Waals surface area contributed by atoms with Crippen molar-refractivity contribution in [3.05, 3.63) is 47.7 Å². The van der Waals surface area contributed by atoms with Crippen molar-refractivity contribution < 1.29 is 19.1 Å². The van der Waals surface area contributed by atoms with E-state index < -0.39 is 6.04 Å². The number of amides is 3. The van der Waals surface area contributed by atoms with Crippen LogP contribution in [0.5, 0.6) is 5.75 Å². The minimum Gasteiger partial charge on any atom is -0.489 e. The van der Waals surface area contributed by atoms with Crippen molar-refractivity contribution in [2.75, 3.05) is 55.7 Å². The zero-order valence-corrected chi connectivity index (χ0v) is 22.1. The number of nitrogens with one attached hydrogen (secondary N) is 1. The number of aromatic nitrogens is 1. The molecule has 5 aliphatic rings. The molecular formula is C29H34N6O4. The lowest BCUT2D eigenvalue weighted by atomic mass is 9.95. The van der Waals surface area contributed by atoms with Crippen molar-refractivity contribution in [1.82, 2.24) is 20.1 Å². The highest BCUT2D eigenvalue weighted by Crippen LogP contribution is 2.43. The Kier molecular flexibility index (Phi) is 6.14. The molecule has 0 radical (unpaired) electrons. The Bertz CT molecular complexity index is 1290. The van der Waals surface area contributed by atoms with Crippen LogP contribution < -0.4 is 19.9 Å². The first kappa shape index (κ1) is 24.4. The summed E-state index contributed by atoms with van der Waals surface area (Å²) in [5.41, 5.74) is 2.52. The molecule has 204 valence electrons. The molecule has 6 heterocycles. The molecule has 39 heavy (non-hydrogen) atoms. The first-order chi connectivity index (χ1) is 19.0. The van der Waals surface area contributed by atoms with Crippen LogP contribution in [0.15, 0.2) is 36.5 Å². The van der Waals surface area contributed by atoms with Gasteiger partial charge in [0, 0.05) is 63.0 Å². The normalized spacial score (nSPS) is 25.6. The van der Waals surface area contributed by atoms with E-state index in [4.69, 9.17) is 4.74 Å². The Morgan fingerprint density at radius 3 is 2.64 bits per heavy atom. The zero-order valence-electron chi connectivity index (χ0n) is 22.1. The Morgan fingerprint density at radius 2 is 1.85 bits per heavy atom. The third kappa shape index (κ3) is 4.40. The van der Waals surface area contributed by atoms with Gasteiger partial charge in [-0.1, -0.05) is 6.07 Å². The monoisotopic (exact) mass is 530 g/mol. The van der Waals surface area contributed by atoms with E-state index in [0.717, 1.165) is 62.1 Å². The molecule has 1 N–H and O–H groups in total. The van der Waals surface area contributed by atoms with Gasteiger partial charge < -0.3 is 19.4 Å². The van der Waals surface area contributed by atoms with Gasteiger partial charge in [-0.25, -0.2) is 4.98 Å². The summed E-state index contributed by atoms with van der Waals surface area (Å²) in [7, 11) is 0. The number of anilines is 2. The summed E-state index contributed by atoms with van der Waals surface area (Å²) in [6.45, 7) is 7.07. The molecule has 7 rings (SSSR count). The summed E-state index contributed by atoms with van der Waals surface area (Å²) in [5.74, 6) is 1.73. The highest BCUT2D eigenvalue weighted by Gasteiger charge is 2.43. The van der Waals surface area contributed by atoms with Crippen molar-refractivity contribution >= 4 is 29.2 Å². The average molecular weight is 531 g/mol. The molecule has 0 saturated carbocycles. The summed E-state index contributed by atoms with van der Waals surface area (Å²) in [4.78, 5) is 50.8. The smallest absolute Gasteiger partial charge is 0.255 e. The molecule has 0 aliphatic carbocycles. The first-order valence-electron chi connectivity index (χ1n) is 14.1. The molecule has 5 aliphatic heterocycles. The van der Waals surface area contributed by atoms with Gasteiger partial charge in [0.05, 0.1) is 18.3 Å². The third-order valence-corrected chi connectivity index (χ3v) is 9.05. The van der Waals surface area contributed by atoms with Gasteiger partial charge in [-0.15, -0.1) is 0 Å². The maximum Gasteiger partial charge on any atom is 0.255 e. The average Bonchev–Trinajstić information content (AvgIpc) is 3.30. The van der Waals surface area contributed by atoms with Crippen molar-refractivity contribution in [2.24, 2.45) is 5.92 Å². The van der Waals surface area contributed by atoms with E-state index in [2.05, 4.69) is 37.1 Å². The number of piperazine rings is 1. The first-order valence-corrected chi connectivity index (χ1v) is 14.1. The molecule has 3 fully saturated rings. The van der Waals surface area contributed by atoms with Crippen LogP contribution in [-0.4, -0.2) is 90.5 Å². The van der Waals surface area contributed by atoms with Crippen LogP contribution in [0.2, 0.25) is 0 Å². The molecule has 2 atom stereocenters. The molecule has 3 saturated heterocycles. The van der Waals surface area contributed by atoms with Crippen molar-refractivity contribution in [2.45, 2.75) is 44.3 Å². The second-order valence-corrected chi connectivity index (χ2v) is 11.4. The summed E-state index contributed by atoms with van der Waals surface area (Å²) in [6, 6.07) is 9.67. The Hall–Kier alpha value is -3.66. The third-order valence-electron chi connectivity index (χ3n) is 9.05. The number of hydrogen-bond acceptors (Lipinski definition) is 8. The number of imide groups is 1. The summed E-state index contributed by atoms with van der Waals surface area (Å²) in [6.07, 6.45) is 4.85. The fourth-order valence-electron chi connectivity index (χ4n) is 6.96. The molecule has 0 spiro atoms. The molecule has 0 bridgehead atoms. The second kappa shape index (κ2) is 9.82. The minimum absolute atomic E-state index is 0.160. The fraction of sp³-hybridized carbons (Fsp3) is 0.517. The Balaban J connectivity index is 0.990. The Labute approximate surface area is 227 Å².